The number of aromatic nitrogens is 3. The molecule has 2 aliphatic rings. The number of benzene rings is 1. The molecule has 1 aromatic carbocycles. The molecule has 40 heavy (non-hydrogen) atoms. The molecule has 3 aromatic rings. The van der Waals surface area contributed by atoms with Gasteiger partial charge in [0.1, 0.15) is 17.5 Å². The number of nitrogens with zero attached hydrogens (tertiary/aromatic N) is 5. The van der Waals surface area contributed by atoms with Crippen molar-refractivity contribution in [3.8, 4) is 6.07 Å². The lowest BCUT2D eigenvalue weighted by atomic mass is 10.1. The number of hydrogen-bond donors (Lipinski definition) is 2. The molecule has 10 nitrogen and oxygen atoms in total. The number of amides is 1. The van der Waals surface area contributed by atoms with Gasteiger partial charge >= 0.3 is 6.18 Å². The number of carbonyl (C=O) groups excluding carboxylic acids is 1. The van der Waals surface area contributed by atoms with Crippen LogP contribution in [0, 0.1) is 11.3 Å². The average Bonchev–Trinajstić information content (AvgIpc) is 3.35. The van der Waals surface area contributed by atoms with Crippen LogP contribution in [0.1, 0.15) is 28.7 Å². The first-order chi connectivity index (χ1) is 19.2. The maximum Gasteiger partial charge on any atom is 0.423 e. The van der Waals surface area contributed by atoms with Crippen molar-refractivity contribution in [1.82, 2.24) is 20.1 Å². The Bertz CT molecular complexity index is 1390. The number of carbonyl (C=O) groups is 1. The predicted octanol–water partition coefficient (Wildman–Crippen LogP) is 2.55. The summed E-state index contributed by atoms with van der Waals surface area (Å²) in [5.41, 5.74) is 4.79. The molecule has 0 atom stereocenters. The number of alkyl halides is 3. The van der Waals surface area contributed by atoms with Crippen LogP contribution in [-0.2, 0) is 28.5 Å². The quantitative estimate of drug-likeness (QED) is 0.489. The second-order valence-electron chi connectivity index (χ2n) is 9.33. The first kappa shape index (κ1) is 28.6. The Morgan fingerprint density at radius 2 is 1.77 bits per heavy atom. The third-order valence-corrected chi connectivity index (χ3v) is 6.69. The second kappa shape index (κ2) is 12.6. The van der Waals surface area contributed by atoms with E-state index in [0.29, 0.717) is 31.7 Å². The van der Waals surface area contributed by atoms with Gasteiger partial charge in [-0.15, -0.1) is 0 Å². The van der Waals surface area contributed by atoms with Crippen molar-refractivity contribution in [2.24, 2.45) is 0 Å². The van der Waals surface area contributed by atoms with Gasteiger partial charge in [0, 0.05) is 32.4 Å². The SMILES string of the molecule is N#Cc1ccc(N2CCN(C(=O)CCOC3Cc4ccccc4C3)CC2)nc1.Nc1cn[nH]c(=O)c1C(F)(F)F. The van der Waals surface area contributed by atoms with Crippen LogP contribution < -0.4 is 16.2 Å². The zero-order chi connectivity index (χ0) is 28.7. The minimum absolute atomic E-state index is 0.156. The molecule has 1 fully saturated rings. The molecule has 5 rings (SSSR count). The first-order valence-electron chi connectivity index (χ1n) is 12.6. The molecule has 1 amide bonds. The molecule has 2 aromatic heterocycles. The van der Waals surface area contributed by atoms with Crippen molar-refractivity contribution in [3.63, 3.8) is 0 Å². The molecule has 3 heterocycles. The maximum atomic E-state index is 12.5. The number of fused-ring (bicyclic) bond motifs is 1. The Balaban J connectivity index is 0.000000259. The van der Waals surface area contributed by atoms with Gasteiger partial charge in [-0.2, -0.15) is 23.5 Å². The molecule has 13 heteroatoms. The molecule has 1 saturated heterocycles. The van der Waals surface area contributed by atoms with Crippen molar-refractivity contribution in [1.29, 1.82) is 5.26 Å². The number of aromatic amines is 1. The zero-order valence-electron chi connectivity index (χ0n) is 21.5. The smallest absolute Gasteiger partial charge is 0.397 e. The Morgan fingerprint density at radius 1 is 1.10 bits per heavy atom. The van der Waals surface area contributed by atoms with E-state index < -0.39 is 23.0 Å². The van der Waals surface area contributed by atoms with Crippen molar-refractivity contribution in [2.75, 3.05) is 43.4 Å². The van der Waals surface area contributed by atoms with E-state index in [9.17, 15) is 22.8 Å². The summed E-state index contributed by atoms with van der Waals surface area (Å²) >= 11 is 0. The van der Waals surface area contributed by atoms with E-state index in [1.54, 1.807) is 17.4 Å². The summed E-state index contributed by atoms with van der Waals surface area (Å²) in [6, 6.07) is 14.2. The summed E-state index contributed by atoms with van der Waals surface area (Å²) in [6.07, 6.45) is 0.115. The van der Waals surface area contributed by atoms with Gasteiger partial charge in [0.05, 0.1) is 36.6 Å². The maximum absolute atomic E-state index is 12.5. The molecular formula is C27H28F3N7O3. The van der Waals surface area contributed by atoms with Gasteiger partial charge < -0.3 is 20.3 Å². The highest BCUT2D eigenvalue weighted by atomic mass is 19.4. The number of anilines is 2. The number of piperazine rings is 1. The minimum Gasteiger partial charge on any atom is -0.397 e. The topological polar surface area (TPSA) is 141 Å². The third-order valence-electron chi connectivity index (χ3n) is 6.69. The number of nitriles is 1. The summed E-state index contributed by atoms with van der Waals surface area (Å²) in [6.45, 7) is 3.37. The Morgan fingerprint density at radius 3 is 2.30 bits per heavy atom. The predicted molar refractivity (Wildman–Crippen MR) is 140 cm³/mol. The molecule has 210 valence electrons. The third kappa shape index (κ3) is 7.15. The first-order valence-corrected chi connectivity index (χ1v) is 12.6. The normalized spacial score (nSPS) is 15.2. The van der Waals surface area contributed by atoms with Crippen LogP contribution in [0.4, 0.5) is 24.7 Å². The molecule has 3 N–H and O–H groups in total. The molecule has 1 aliphatic heterocycles. The highest BCUT2D eigenvalue weighted by Crippen LogP contribution is 2.29. The molecule has 0 radical (unpaired) electrons. The molecule has 0 saturated carbocycles. The number of hydrogen-bond acceptors (Lipinski definition) is 8. The van der Waals surface area contributed by atoms with Crippen LogP contribution in [0.3, 0.4) is 0 Å². The van der Waals surface area contributed by atoms with E-state index in [1.165, 1.54) is 11.1 Å². The van der Waals surface area contributed by atoms with Crippen LogP contribution in [0.2, 0.25) is 0 Å². The fourth-order valence-electron chi connectivity index (χ4n) is 4.64. The van der Waals surface area contributed by atoms with Crippen molar-refractivity contribution < 1.29 is 22.7 Å². The minimum atomic E-state index is -4.74. The summed E-state index contributed by atoms with van der Waals surface area (Å²) in [5.74, 6) is 1.01. The summed E-state index contributed by atoms with van der Waals surface area (Å²) in [4.78, 5) is 31.5. The number of H-pyrrole nitrogens is 1. The fourth-order valence-corrected chi connectivity index (χ4v) is 4.64. The van der Waals surface area contributed by atoms with Gasteiger partial charge in [-0.05, 0) is 36.1 Å². The average molecular weight is 556 g/mol. The molecule has 1 aliphatic carbocycles. The lowest BCUT2D eigenvalue weighted by Gasteiger charge is -2.35. The zero-order valence-corrected chi connectivity index (χ0v) is 21.5. The highest BCUT2D eigenvalue weighted by Gasteiger charge is 2.36. The Kier molecular flexibility index (Phi) is 9.00. The number of pyridine rings is 1. The molecule has 0 bridgehead atoms. The van der Waals surface area contributed by atoms with E-state index in [4.69, 9.17) is 15.7 Å². The van der Waals surface area contributed by atoms with Gasteiger partial charge in [-0.1, -0.05) is 24.3 Å². The largest absolute Gasteiger partial charge is 0.423 e. The lowest BCUT2D eigenvalue weighted by Crippen LogP contribution is -2.49. The molecular weight excluding hydrogens is 527 g/mol. The van der Waals surface area contributed by atoms with E-state index in [2.05, 4.69) is 45.3 Å². The second-order valence-corrected chi connectivity index (χ2v) is 9.33. The fraction of sp³-hybridized carbons (Fsp3) is 0.370. The van der Waals surface area contributed by atoms with Crippen LogP contribution in [0.5, 0.6) is 0 Å². The van der Waals surface area contributed by atoms with Crippen molar-refractivity contribution in [3.05, 3.63) is 81.4 Å². The van der Waals surface area contributed by atoms with Gasteiger partial charge in [-0.3, -0.25) is 9.59 Å². The highest BCUT2D eigenvalue weighted by molar-refractivity contribution is 5.76. The number of nitrogens with two attached hydrogens (primary N) is 1. The summed E-state index contributed by atoms with van der Waals surface area (Å²) in [7, 11) is 0. The van der Waals surface area contributed by atoms with Crippen molar-refractivity contribution >= 4 is 17.4 Å². The van der Waals surface area contributed by atoms with E-state index >= 15 is 0 Å². The Hall–Kier alpha value is -4.44. The van der Waals surface area contributed by atoms with Crippen LogP contribution in [-0.4, -0.2) is 64.9 Å². The number of ether oxygens (including phenoxy) is 1. The van der Waals surface area contributed by atoms with E-state index in [0.717, 1.165) is 37.9 Å². The van der Waals surface area contributed by atoms with Crippen LogP contribution in [0.25, 0.3) is 0 Å². The van der Waals surface area contributed by atoms with Crippen LogP contribution >= 0.6 is 0 Å². The van der Waals surface area contributed by atoms with Gasteiger partial charge in [-0.25, -0.2) is 10.1 Å². The standard InChI is InChI=1S/C22H24N4O2.C5H4F3N3O/c23-15-17-5-6-21(24-16-17)25-8-10-26(11-9-25)22(27)7-12-28-20-13-18-3-1-2-4-19(18)14-20;6-5(7,8)3-2(9)1-10-11-4(3)12/h1-6,16,20H,7-14H2;1H,(H3,9,11,12). The van der Waals surface area contributed by atoms with Gasteiger partial charge in [0.25, 0.3) is 5.56 Å². The molecule has 0 unspecified atom stereocenters. The van der Waals surface area contributed by atoms with Crippen molar-refractivity contribution in [2.45, 2.75) is 31.5 Å². The van der Waals surface area contributed by atoms with Gasteiger partial charge in [0.2, 0.25) is 5.91 Å². The summed E-state index contributed by atoms with van der Waals surface area (Å²) < 4.78 is 41.9. The van der Waals surface area contributed by atoms with E-state index in [-0.39, 0.29) is 12.0 Å². The number of nitrogen functional groups attached to an aromatic ring is 1. The number of halogens is 3. The monoisotopic (exact) mass is 555 g/mol. The van der Waals surface area contributed by atoms with E-state index in [1.807, 2.05) is 11.0 Å². The lowest BCUT2D eigenvalue weighted by molar-refractivity contribution is -0.138. The summed E-state index contributed by atoms with van der Waals surface area (Å²) in [5, 5.41) is 13.6. The Labute approximate surface area is 228 Å². The number of nitrogens with one attached hydrogen (secondary N) is 1. The van der Waals surface area contributed by atoms with Crippen LogP contribution in [0.15, 0.2) is 53.6 Å². The number of rotatable bonds is 5. The van der Waals surface area contributed by atoms with Gasteiger partial charge in [0.15, 0.2) is 0 Å². The molecule has 0 spiro atoms.